The molecule has 0 aliphatic heterocycles. The molecule has 0 N–H and O–H groups in total. The molecule has 3 nitrogen and oxygen atoms in total. The number of carbonyl (C=O) groups excluding carboxylic acids is 1. The van der Waals surface area contributed by atoms with Crippen molar-refractivity contribution in [2.75, 3.05) is 6.61 Å². The van der Waals surface area contributed by atoms with Gasteiger partial charge >= 0.3 is 54.0 Å². The lowest BCUT2D eigenvalue weighted by atomic mass is 9.68. The van der Waals surface area contributed by atoms with Crippen LogP contribution in [0.5, 0.6) is 0 Å². The Bertz CT molecular complexity index is 954. The van der Waals surface area contributed by atoms with E-state index in [1.807, 2.05) is 0 Å². The smallest absolute Gasteiger partial charge is 0.460 e. The third-order valence-corrected chi connectivity index (χ3v) is 7.14. The van der Waals surface area contributed by atoms with Crippen molar-refractivity contribution in [3.63, 3.8) is 0 Å². The van der Waals surface area contributed by atoms with Crippen LogP contribution in [0.4, 0.5) is 74.6 Å². The van der Waals surface area contributed by atoms with Crippen LogP contribution >= 0.6 is 0 Å². The Morgan fingerprint density at radius 1 is 0.605 bits per heavy atom. The van der Waals surface area contributed by atoms with E-state index in [0.717, 1.165) is 0 Å². The monoisotopic (exact) mass is 676 g/mol. The quantitative estimate of drug-likeness (QED) is 0.128. The van der Waals surface area contributed by atoms with Crippen molar-refractivity contribution in [2.45, 2.75) is 115 Å². The summed E-state index contributed by atoms with van der Waals surface area (Å²) in [6, 6.07) is 0. The maximum absolute atomic E-state index is 14.6. The fourth-order valence-electron chi connectivity index (χ4n) is 3.28. The van der Waals surface area contributed by atoms with E-state index >= 15 is 0 Å². The molecule has 43 heavy (non-hydrogen) atoms. The van der Waals surface area contributed by atoms with Crippen LogP contribution in [0.25, 0.3) is 0 Å². The molecule has 0 aromatic rings. The normalized spacial score (nSPS) is 17.5. The highest BCUT2D eigenvalue weighted by Gasteiger charge is 2.92. The van der Waals surface area contributed by atoms with Crippen molar-refractivity contribution >= 4 is 5.97 Å². The Morgan fingerprint density at radius 2 is 1.02 bits per heavy atom. The van der Waals surface area contributed by atoms with Crippen LogP contribution in [-0.4, -0.2) is 60.6 Å². The average Bonchev–Trinajstić information content (AvgIpc) is 2.80. The van der Waals surface area contributed by atoms with E-state index in [0.29, 0.717) is 6.42 Å². The zero-order valence-electron chi connectivity index (χ0n) is 23.3. The van der Waals surface area contributed by atoms with Crippen molar-refractivity contribution in [1.82, 2.24) is 0 Å². The van der Waals surface area contributed by atoms with Crippen LogP contribution in [0.3, 0.4) is 0 Å². The first kappa shape index (κ1) is 41.2. The number of carbonyl (C=O) groups is 1. The molecule has 0 saturated carbocycles. The highest BCUT2D eigenvalue weighted by molar-refractivity contribution is 5.73. The molecular formula is C23H29F17O3. The van der Waals surface area contributed by atoms with Crippen LogP contribution in [-0.2, 0) is 14.3 Å². The molecular weight excluding hydrogens is 647 g/mol. The first-order chi connectivity index (χ1) is 18.6. The van der Waals surface area contributed by atoms with Crippen LogP contribution < -0.4 is 0 Å². The lowest BCUT2D eigenvalue weighted by molar-refractivity contribution is -0.499. The highest BCUT2D eigenvalue weighted by atomic mass is 19.4. The summed E-state index contributed by atoms with van der Waals surface area (Å²) < 4.78 is 233. The molecule has 258 valence electrons. The lowest BCUT2D eigenvalue weighted by Gasteiger charge is -2.41. The molecule has 0 aromatic carbocycles. The second-order valence-corrected chi connectivity index (χ2v) is 11.2. The molecule has 0 radical (unpaired) electrons. The summed E-state index contributed by atoms with van der Waals surface area (Å²) in [7, 11) is 0. The maximum Gasteiger partial charge on any atom is 0.460 e. The van der Waals surface area contributed by atoms with Gasteiger partial charge in [0.1, 0.15) is 0 Å². The standard InChI is InChI=1S/C23H29F17O3/c1-7-14(3,4)11-12(15(5,6)8-2)13(41)42-10-9-16(24,21(33,34)35)43-23(39,40)20(31,32)18(27,28)17(25,26)19(29,30)22(36,37)38/h12H,7-11H2,1-6H3. The molecule has 0 fully saturated rings. The van der Waals surface area contributed by atoms with E-state index in [9.17, 15) is 79.4 Å². The molecule has 0 aliphatic carbocycles. The zero-order chi connectivity index (χ0) is 35.1. The van der Waals surface area contributed by atoms with Crippen molar-refractivity contribution in [2.24, 2.45) is 16.7 Å². The van der Waals surface area contributed by atoms with Crippen LogP contribution in [0.2, 0.25) is 0 Å². The topological polar surface area (TPSA) is 35.5 Å². The van der Waals surface area contributed by atoms with E-state index in [1.165, 1.54) is 13.8 Å². The summed E-state index contributed by atoms with van der Waals surface area (Å²) in [6.07, 6.45) is -24.5. The van der Waals surface area contributed by atoms with Gasteiger partial charge in [0.2, 0.25) is 0 Å². The van der Waals surface area contributed by atoms with Crippen LogP contribution in [0.1, 0.15) is 67.2 Å². The van der Waals surface area contributed by atoms with Gasteiger partial charge in [-0.15, -0.1) is 0 Å². The second kappa shape index (κ2) is 12.2. The molecule has 0 aromatic heterocycles. The summed E-state index contributed by atoms with van der Waals surface area (Å²) in [5.74, 6) is -42.1. The fraction of sp³-hybridized carbons (Fsp3) is 0.957. The Labute approximate surface area is 234 Å². The van der Waals surface area contributed by atoms with E-state index < -0.39 is 83.8 Å². The third kappa shape index (κ3) is 7.91. The average molecular weight is 676 g/mol. The molecule has 0 rings (SSSR count). The molecule has 0 bridgehead atoms. The molecule has 2 unspecified atom stereocenters. The number of esters is 1. The summed E-state index contributed by atoms with van der Waals surface area (Å²) >= 11 is 0. The van der Waals surface area contributed by atoms with Gasteiger partial charge < -0.3 is 4.74 Å². The molecule has 0 heterocycles. The number of alkyl halides is 17. The highest BCUT2D eigenvalue weighted by Crippen LogP contribution is 2.61. The van der Waals surface area contributed by atoms with Crippen LogP contribution in [0, 0.1) is 16.7 Å². The third-order valence-electron chi connectivity index (χ3n) is 7.14. The van der Waals surface area contributed by atoms with Gasteiger partial charge in [0.15, 0.2) is 0 Å². The molecule has 20 heteroatoms. The number of halogens is 17. The summed E-state index contributed by atoms with van der Waals surface area (Å²) in [5.41, 5.74) is -1.54. The minimum atomic E-state index is -8.51. The largest absolute Gasteiger partial charge is 0.465 e. The lowest BCUT2D eigenvalue weighted by Crippen LogP contribution is -2.71. The van der Waals surface area contributed by atoms with Gasteiger partial charge in [-0.3, -0.25) is 9.53 Å². The number of hydrogen-bond donors (Lipinski definition) is 0. The Hall–Kier alpha value is -1.76. The molecule has 2 atom stereocenters. The van der Waals surface area contributed by atoms with Gasteiger partial charge in [-0.05, 0) is 17.3 Å². The van der Waals surface area contributed by atoms with E-state index in [-0.39, 0.29) is 12.8 Å². The van der Waals surface area contributed by atoms with E-state index in [4.69, 9.17) is 0 Å². The SMILES string of the molecule is CCC(C)(C)CC(C(=O)OCCC(F)(OC(F)(F)C(F)(F)C(F)(F)C(F)(F)C(F)(F)C(F)(F)F)C(F)(F)F)C(C)(C)CC. The predicted molar refractivity (Wildman–Crippen MR) is 114 cm³/mol. The first-order valence-electron chi connectivity index (χ1n) is 12.1. The summed E-state index contributed by atoms with van der Waals surface area (Å²) in [6.45, 7) is 7.77. The fourth-order valence-corrected chi connectivity index (χ4v) is 3.28. The van der Waals surface area contributed by atoms with Crippen molar-refractivity contribution < 1.29 is 88.9 Å². The summed E-state index contributed by atoms with van der Waals surface area (Å²) in [5, 5.41) is 0. The Balaban J connectivity index is 6.36. The predicted octanol–water partition coefficient (Wildman–Crippen LogP) is 9.74. The Morgan fingerprint density at radius 3 is 1.37 bits per heavy atom. The van der Waals surface area contributed by atoms with Gasteiger partial charge in [-0.1, -0.05) is 54.4 Å². The van der Waals surface area contributed by atoms with Gasteiger partial charge in [-0.2, -0.15) is 70.2 Å². The number of rotatable bonds is 15. The molecule has 0 saturated heterocycles. The molecule has 0 spiro atoms. The van der Waals surface area contributed by atoms with Crippen molar-refractivity contribution in [1.29, 1.82) is 0 Å². The zero-order valence-corrected chi connectivity index (χ0v) is 23.3. The van der Waals surface area contributed by atoms with Crippen LogP contribution in [0.15, 0.2) is 0 Å². The minimum Gasteiger partial charge on any atom is -0.465 e. The first-order valence-corrected chi connectivity index (χ1v) is 12.1. The summed E-state index contributed by atoms with van der Waals surface area (Å²) in [4.78, 5) is 12.7. The maximum atomic E-state index is 14.6. The minimum absolute atomic E-state index is 0.00978. The van der Waals surface area contributed by atoms with Gasteiger partial charge in [0, 0.05) is 0 Å². The van der Waals surface area contributed by atoms with Gasteiger partial charge in [-0.25, -0.2) is 4.39 Å². The molecule has 0 amide bonds. The van der Waals surface area contributed by atoms with Crippen molar-refractivity contribution in [3.8, 4) is 0 Å². The Kier molecular flexibility index (Phi) is 11.7. The van der Waals surface area contributed by atoms with Gasteiger partial charge in [0.05, 0.1) is 18.9 Å². The number of ether oxygens (including phenoxy) is 2. The van der Waals surface area contributed by atoms with Gasteiger partial charge in [0.25, 0.3) is 0 Å². The second-order valence-electron chi connectivity index (χ2n) is 11.2. The van der Waals surface area contributed by atoms with Crippen molar-refractivity contribution in [3.05, 3.63) is 0 Å². The van der Waals surface area contributed by atoms with E-state index in [1.54, 1.807) is 27.7 Å². The molecule has 0 aliphatic rings. The van der Waals surface area contributed by atoms with E-state index in [2.05, 4.69) is 9.47 Å². The number of hydrogen-bond acceptors (Lipinski definition) is 3.